The molecule has 0 spiro atoms. The van der Waals surface area contributed by atoms with Crippen molar-refractivity contribution in [2.75, 3.05) is 13.2 Å². The topological polar surface area (TPSA) is 79.1 Å². The van der Waals surface area contributed by atoms with Crippen LogP contribution < -0.4 is 4.74 Å². The molecule has 27 heavy (non-hydrogen) atoms. The first-order chi connectivity index (χ1) is 13.1. The molecule has 0 atom stereocenters. The fourth-order valence-corrected chi connectivity index (χ4v) is 2.48. The summed E-state index contributed by atoms with van der Waals surface area (Å²) in [6.45, 7) is 1.92. The number of benzene rings is 2. The van der Waals surface area contributed by atoms with Gasteiger partial charge in [0.15, 0.2) is 11.5 Å². The number of para-hydroxylation sites is 1. The summed E-state index contributed by atoms with van der Waals surface area (Å²) in [6.07, 6.45) is 1.67. The van der Waals surface area contributed by atoms with Crippen molar-refractivity contribution >= 4 is 29.3 Å². The second-order valence-electron chi connectivity index (χ2n) is 5.49. The summed E-state index contributed by atoms with van der Waals surface area (Å²) >= 11 is 6.02. The molecule has 138 valence electrons. The van der Waals surface area contributed by atoms with Crippen LogP contribution in [-0.2, 0) is 9.53 Å². The van der Waals surface area contributed by atoms with Gasteiger partial charge in [0.2, 0.25) is 0 Å². The summed E-state index contributed by atoms with van der Waals surface area (Å²) < 4.78 is 12.2. The lowest BCUT2D eigenvalue weighted by Gasteiger charge is -2.10. The molecule has 0 saturated heterocycles. The van der Waals surface area contributed by atoms with Crippen molar-refractivity contribution in [1.82, 2.24) is 20.2 Å². The highest BCUT2D eigenvalue weighted by molar-refractivity contribution is 6.32. The van der Waals surface area contributed by atoms with Gasteiger partial charge in [0.1, 0.15) is 19.0 Å². The molecule has 0 N–H and O–H groups in total. The van der Waals surface area contributed by atoms with Gasteiger partial charge in [0.25, 0.3) is 0 Å². The normalized spacial score (nSPS) is 11.3. The summed E-state index contributed by atoms with van der Waals surface area (Å²) in [6, 6.07) is 16.5. The third-order valence-electron chi connectivity index (χ3n) is 3.58. The number of carbonyl (C=O) groups excluding carboxylic acids is 1. The van der Waals surface area contributed by atoms with Gasteiger partial charge in [0, 0.05) is 0 Å². The van der Waals surface area contributed by atoms with Crippen molar-refractivity contribution in [2.24, 2.45) is 0 Å². The van der Waals surface area contributed by atoms with Gasteiger partial charge in [-0.1, -0.05) is 54.1 Å². The minimum atomic E-state index is -0.558. The summed E-state index contributed by atoms with van der Waals surface area (Å²) in [5.74, 6) is 0.449. The molecule has 3 rings (SSSR count). The minimum absolute atomic E-state index is 0.0529. The van der Waals surface area contributed by atoms with E-state index in [-0.39, 0.29) is 18.9 Å². The van der Waals surface area contributed by atoms with E-state index in [0.717, 1.165) is 5.56 Å². The summed E-state index contributed by atoms with van der Waals surface area (Å²) in [7, 11) is 0. The Kier molecular flexibility index (Phi) is 6.17. The van der Waals surface area contributed by atoms with Crippen LogP contribution in [0.1, 0.15) is 11.4 Å². The molecule has 0 aliphatic carbocycles. The van der Waals surface area contributed by atoms with Crippen LogP contribution in [0.3, 0.4) is 0 Å². The van der Waals surface area contributed by atoms with E-state index >= 15 is 0 Å². The molecule has 3 aromatic rings. The molecular weight excluding hydrogens is 368 g/mol. The number of rotatable bonds is 7. The maximum atomic E-state index is 12.6. The largest absolute Gasteiger partial charge is 0.488 e. The van der Waals surface area contributed by atoms with Gasteiger partial charge in [-0.2, -0.15) is 4.68 Å². The smallest absolute Gasteiger partial charge is 0.357 e. The maximum absolute atomic E-state index is 12.6. The van der Waals surface area contributed by atoms with Crippen LogP contribution in [0.15, 0.2) is 54.6 Å². The third kappa shape index (κ3) is 4.92. The number of aryl methyl sites for hydroxylation is 1. The average Bonchev–Trinajstić information content (AvgIpc) is 3.11. The number of hydrogen-bond acceptors (Lipinski definition) is 6. The Morgan fingerprint density at radius 2 is 1.85 bits per heavy atom. The number of nitrogens with zero attached hydrogens (tertiary/aromatic N) is 4. The monoisotopic (exact) mass is 384 g/mol. The zero-order valence-electron chi connectivity index (χ0n) is 14.6. The molecule has 0 aliphatic rings. The number of carbonyl (C=O) groups is 1. The molecule has 0 fully saturated rings. The van der Waals surface area contributed by atoms with Gasteiger partial charge in [-0.15, -0.1) is 5.10 Å². The van der Waals surface area contributed by atoms with Crippen LogP contribution in [-0.4, -0.2) is 39.4 Å². The maximum Gasteiger partial charge on any atom is 0.357 e. The summed E-state index contributed by atoms with van der Waals surface area (Å²) in [4.78, 5) is 12.6. The highest BCUT2D eigenvalue weighted by atomic mass is 35.5. The van der Waals surface area contributed by atoms with E-state index in [4.69, 9.17) is 21.1 Å². The van der Waals surface area contributed by atoms with E-state index in [0.29, 0.717) is 16.6 Å². The Morgan fingerprint density at radius 3 is 2.56 bits per heavy atom. The van der Waals surface area contributed by atoms with Crippen molar-refractivity contribution < 1.29 is 14.3 Å². The molecule has 1 heterocycles. The zero-order chi connectivity index (χ0) is 19.1. The molecule has 0 radical (unpaired) electrons. The molecule has 1 aromatic heterocycles. The van der Waals surface area contributed by atoms with E-state index < -0.39 is 5.97 Å². The van der Waals surface area contributed by atoms with E-state index in [1.807, 2.05) is 42.5 Å². The Bertz CT molecular complexity index is 941. The molecule has 2 aromatic carbocycles. The molecule has 0 amide bonds. The van der Waals surface area contributed by atoms with Crippen molar-refractivity contribution in [3.8, 4) is 5.75 Å². The molecule has 0 saturated carbocycles. The second-order valence-corrected chi connectivity index (χ2v) is 5.90. The minimum Gasteiger partial charge on any atom is -0.488 e. The first-order valence-corrected chi connectivity index (χ1v) is 8.59. The molecular formula is C19H17ClN4O3. The Morgan fingerprint density at radius 1 is 1.11 bits per heavy atom. The van der Waals surface area contributed by atoms with Crippen LogP contribution in [0.4, 0.5) is 0 Å². The van der Waals surface area contributed by atoms with Crippen molar-refractivity contribution in [3.63, 3.8) is 0 Å². The lowest BCUT2D eigenvalue weighted by Crippen LogP contribution is -2.18. The molecule has 0 bridgehead atoms. The second kappa shape index (κ2) is 8.95. The first-order valence-electron chi connectivity index (χ1n) is 8.21. The van der Waals surface area contributed by atoms with Crippen LogP contribution >= 0.6 is 11.6 Å². The number of tetrazole rings is 1. The fourth-order valence-electron chi connectivity index (χ4n) is 2.29. The zero-order valence-corrected chi connectivity index (χ0v) is 15.3. The van der Waals surface area contributed by atoms with Crippen molar-refractivity contribution in [2.45, 2.75) is 6.92 Å². The van der Waals surface area contributed by atoms with E-state index in [1.54, 1.807) is 25.1 Å². The predicted octanol–water partition coefficient (Wildman–Crippen LogP) is 3.26. The third-order valence-corrected chi connectivity index (χ3v) is 3.89. The number of ether oxygens (including phenoxy) is 2. The van der Waals surface area contributed by atoms with Crippen LogP contribution in [0.5, 0.6) is 5.75 Å². The number of aromatic nitrogens is 4. The standard InChI is InChI=1S/C19H17ClN4O3/c1-14-21-22-23-24(14)17(13-15-7-3-2-4-8-15)19(25)27-12-11-26-18-10-6-5-9-16(18)20/h2-10,13H,11-12H2,1H3. The van der Waals surface area contributed by atoms with Gasteiger partial charge in [0.05, 0.1) is 5.02 Å². The number of halogens is 1. The molecule has 0 aliphatic heterocycles. The molecule has 0 unspecified atom stereocenters. The van der Waals surface area contributed by atoms with Gasteiger partial charge in [-0.05, 0) is 41.1 Å². The fraction of sp³-hybridized carbons (Fsp3) is 0.158. The summed E-state index contributed by atoms with van der Waals surface area (Å²) in [5, 5.41) is 11.8. The highest BCUT2D eigenvalue weighted by Gasteiger charge is 2.17. The van der Waals surface area contributed by atoms with Gasteiger partial charge >= 0.3 is 5.97 Å². The first kappa shape index (κ1) is 18.6. The molecule has 7 nitrogen and oxygen atoms in total. The van der Waals surface area contributed by atoms with Gasteiger partial charge in [-0.25, -0.2) is 4.79 Å². The predicted molar refractivity (Wildman–Crippen MR) is 101 cm³/mol. The molecule has 8 heteroatoms. The lowest BCUT2D eigenvalue weighted by atomic mass is 10.2. The van der Waals surface area contributed by atoms with E-state index in [9.17, 15) is 4.79 Å². The quantitative estimate of drug-likeness (QED) is 0.353. The van der Waals surface area contributed by atoms with Crippen molar-refractivity contribution in [1.29, 1.82) is 0 Å². The van der Waals surface area contributed by atoms with Crippen LogP contribution in [0, 0.1) is 6.92 Å². The lowest BCUT2D eigenvalue weighted by molar-refractivity contribution is -0.137. The number of esters is 1. The number of hydrogen-bond donors (Lipinski definition) is 0. The van der Waals surface area contributed by atoms with Gasteiger partial charge in [-0.3, -0.25) is 0 Å². The highest BCUT2D eigenvalue weighted by Crippen LogP contribution is 2.23. The summed E-state index contributed by atoms with van der Waals surface area (Å²) in [5.41, 5.74) is 1.04. The van der Waals surface area contributed by atoms with Crippen LogP contribution in [0.25, 0.3) is 11.8 Å². The Labute approximate surface area is 161 Å². The Hall–Kier alpha value is -3.19. The van der Waals surface area contributed by atoms with E-state index in [2.05, 4.69) is 15.5 Å². The van der Waals surface area contributed by atoms with Crippen molar-refractivity contribution in [3.05, 3.63) is 71.0 Å². The Balaban J connectivity index is 1.68. The van der Waals surface area contributed by atoms with Gasteiger partial charge < -0.3 is 9.47 Å². The SMILES string of the molecule is Cc1nnnn1C(=Cc1ccccc1)C(=O)OCCOc1ccccc1Cl. The van der Waals surface area contributed by atoms with E-state index in [1.165, 1.54) is 4.68 Å². The average molecular weight is 385 g/mol. The van der Waals surface area contributed by atoms with Crippen LogP contribution in [0.2, 0.25) is 5.02 Å².